The Kier molecular flexibility index (Phi) is 16.4. The fourth-order valence-corrected chi connectivity index (χ4v) is 4.71. The number of amides is 2. The molecular weight excluding hydrogens is 614 g/mol. The Bertz CT molecular complexity index is 1460. The van der Waals surface area contributed by atoms with E-state index in [1.807, 2.05) is 30.3 Å². The van der Waals surface area contributed by atoms with Crippen LogP contribution in [0.2, 0.25) is 0 Å². The van der Waals surface area contributed by atoms with Crippen LogP contribution in [0.1, 0.15) is 45.7 Å². The third-order valence-electron chi connectivity index (χ3n) is 7.50. The fourth-order valence-electron chi connectivity index (χ4n) is 4.71. The molecule has 2 amide bonds. The van der Waals surface area contributed by atoms with E-state index in [0.29, 0.717) is 42.6 Å². The molecule has 12 nitrogen and oxygen atoms in total. The molecule has 0 unspecified atom stereocenters. The first-order valence-corrected chi connectivity index (χ1v) is 16.0. The minimum absolute atomic E-state index is 0.133. The molecule has 0 saturated heterocycles. The van der Waals surface area contributed by atoms with E-state index in [9.17, 15) is 9.59 Å². The van der Waals surface area contributed by atoms with E-state index < -0.39 is 5.91 Å². The number of benzene rings is 3. The molecule has 0 fully saturated rings. The van der Waals surface area contributed by atoms with Crippen molar-refractivity contribution >= 4 is 23.7 Å². The van der Waals surface area contributed by atoms with Crippen LogP contribution in [0.5, 0.6) is 17.2 Å². The zero-order valence-corrected chi connectivity index (χ0v) is 28.9. The largest absolute Gasteiger partial charge is 0.497 e. The predicted octanol–water partition coefficient (Wildman–Crippen LogP) is 4.54. The molecule has 0 heterocycles. The number of methoxy groups -OCH3 is 3. The molecular formula is C36H49N5O7. The van der Waals surface area contributed by atoms with Crippen LogP contribution in [0, 0.1) is 0 Å². The van der Waals surface area contributed by atoms with Crippen LogP contribution in [0.25, 0.3) is 0 Å². The lowest BCUT2D eigenvalue weighted by molar-refractivity contribution is 0.0955. The van der Waals surface area contributed by atoms with Gasteiger partial charge in [-0.15, -0.1) is 0 Å². The number of hydrazone groups is 1. The van der Waals surface area contributed by atoms with E-state index in [1.54, 1.807) is 45.6 Å². The molecule has 48 heavy (non-hydrogen) atoms. The van der Waals surface area contributed by atoms with Crippen molar-refractivity contribution in [2.75, 3.05) is 86.3 Å². The second-order valence-electron chi connectivity index (χ2n) is 10.9. The topological polar surface area (TPSA) is 123 Å². The number of carbonyl (C=O) groups excluding carboxylic acids is 2. The summed E-state index contributed by atoms with van der Waals surface area (Å²) in [5.74, 6) is 0.409. The molecule has 12 heteroatoms. The lowest BCUT2D eigenvalue weighted by Crippen LogP contribution is -2.32. The van der Waals surface area contributed by atoms with Crippen LogP contribution in [0.4, 0.5) is 5.69 Å². The standard InChI is InChI=1S/C36H49N5O7/c1-7-41(8-2)17-16-40(3)26-28-10-9-11-29(22-28)35(42)38-32-24-34(48-21-19-45-5)33(47-20-18-44-4)23-31(32)36(43)39-37-25-27-12-14-30(46-6)15-13-27/h9-15,22-25H,7-8,16-21,26H2,1-6H3,(H,38,42)(H,39,43). The van der Waals surface area contributed by atoms with E-state index in [1.165, 1.54) is 12.3 Å². The quantitative estimate of drug-likeness (QED) is 0.0961. The maximum atomic E-state index is 13.6. The molecule has 0 aromatic heterocycles. The summed E-state index contributed by atoms with van der Waals surface area (Å²) in [7, 11) is 6.80. The fraction of sp³-hybridized carbons (Fsp3) is 0.417. The van der Waals surface area contributed by atoms with E-state index in [-0.39, 0.29) is 30.4 Å². The maximum absolute atomic E-state index is 13.6. The number of ether oxygens (including phenoxy) is 5. The Hall–Kier alpha value is -4.49. The van der Waals surface area contributed by atoms with Crippen LogP contribution in [-0.4, -0.2) is 109 Å². The van der Waals surface area contributed by atoms with Gasteiger partial charge in [0.15, 0.2) is 11.5 Å². The Morgan fingerprint density at radius 3 is 2.10 bits per heavy atom. The molecule has 260 valence electrons. The molecule has 0 bridgehead atoms. The lowest BCUT2D eigenvalue weighted by atomic mass is 10.1. The normalized spacial score (nSPS) is 11.2. The Labute approximate surface area is 283 Å². The summed E-state index contributed by atoms with van der Waals surface area (Å²) in [6, 6.07) is 17.8. The minimum atomic E-state index is -0.557. The Morgan fingerprint density at radius 1 is 0.812 bits per heavy atom. The van der Waals surface area contributed by atoms with Gasteiger partial charge in [0.2, 0.25) is 0 Å². The van der Waals surface area contributed by atoms with Gasteiger partial charge in [-0.25, -0.2) is 5.43 Å². The van der Waals surface area contributed by atoms with Gasteiger partial charge < -0.3 is 38.8 Å². The molecule has 2 N–H and O–H groups in total. The van der Waals surface area contributed by atoms with Crippen LogP contribution in [0.3, 0.4) is 0 Å². The van der Waals surface area contributed by atoms with Crippen molar-refractivity contribution in [3.05, 3.63) is 82.9 Å². The van der Waals surface area contributed by atoms with Crippen LogP contribution < -0.4 is 25.0 Å². The molecule has 0 spiro atoms. The number of nitrogens with zero attached hydrogens (tertiary/aromatic N) is 3. The minimum Gasteiger partial charge on any atom is -0.497 e. The maximum Gasteiger partial charge on any atom is 0.273 e. The second-order valence-corrected chi connectivity index (χ2v) is 10.9. The Morgan fingerprint density at radius 2 is 1.48 bits per heavy atom. The molecule has 0 aliphatic heterocycles. The number of carbonyl (C=O) groups is 2. The molecule has 3 aromatic carbocycles. The van der Waals surface area contributed by atoms with Gasteiger partial charge in [-0.1, -0.05) is 26.0 Å². The van der Waals surface area contributed by atoms with Gasteiger partial charge in [-0.05, 0) is 73.7 Å². The first-order valence-electron chi connectivity index (χ1n) is 16.0. The van der Waals surface area contributed by atoms with Crippen LogP contribution >= 0.6 is 0 Å². The molecule has 0 aliphatic rings. The van der Waals surface area contributed by atoms with E-state index in [0.717, 1.165) is 37.3 Å². The average Bonchev–Trinajstić information content (AvgIpc) is 3.10. The number of nitrogens with one attached hydrogen (secondary N) is 2. The molecule has 3 rings (SSSR count). The number of likely N-dealkylation sites (N-methyl/N-ethyl adjacent to an activating group) is 2. The second kappa shape index (κ2) is 20.7. The summed E-state index contributed by atoms with van der Waals surface area (Å²) in [6.45, 7) is 10.0. The Balaban J connectivity index is 1.87. The number of rotatable bonds is 21. The summed E-state index contributed by atoms with van der Waals surface area (Å²) in [5.41, 5.74) is 5.13. The highest BCUT2D eigenvalue weighted by atomic mass is 16.5. The highest BCUT2D eigenvalue weighted by Crippen LogP contribution is 2.34. The lowest BCUT2D eigenvalue weighted by Gasteiger charge is -2.23. The monoisotopic (exact) mass is 663 g/mol. The number of hydrogen-bond acceptors (Lipinski definition) is 10. The summed E-state index contributed by atoms with van der Waals surface area (Å²) < 4.78 is 27.3. The van der Waals surface area contributed by atoms with Gasteiger partial charge in [0.05, 0.1) is 37.8 Å². The molecule has 0 saturated carbocycles. The summed E-state index contributed by atoms with van der Waals surface area (Å²) >= 11 is 0. The summed E-state index contributed by atoms with van der Waals surface area (Å²) in [6.07, 6.45) is 1.51. The van der Waals surface area contributed by atoms with Crippen molar-refractivity contribution in [3.63, 3.8) is 0 Å². The van der Waals surface area contributed by atoms with Crippen molar-refractivity contribution in [2.45, 2.75) is 20.4 Å². The summed E-state index contributed by atoms with van der Waals surface area (Å²) in [5, 5.41) is 7.03. The van der Waals surface area contributed by atoms with Crippen LogP contribution in [0.15, 0.2) is 65.8 Å². The van der Waals surface area contributed by atoms with E-state index in [4.69, 9.17) is 23.7 Å². The highest BCUT2D eigenvalue weighted by molar-refractivity contribution is 6.09. The smallest absolute Gasteiger partial charge is 0.273 e. The molecule has 0 aliphatic carbocycles. The zero-order valence-electron chi connectivity index (χ0n) is 28.9. The van der Waals surface area contributed by atoms with E-state index >= 15 is 0 Å². The van der Waals surface area contributed by atoms with Gasteiger partial charge in [-0.3, -0.25) is 9.59 Å². The van der Waals surface area contributed by atoms with Gasteiger partial charge in [-0.2, -0.15) is 5.10 Å². The SMILES string of the molecule is CCN(CC)CCN(C)Cc1cccc(C(=O)Nc2cc(OCCOC)c(OCCOC)cc2C(=O)NN=Cc2ccc(OC)cc2)c1. The van der Waals surface area contributed by atoms with E-state index in [2.05, 4.69) is 46.5 Å². The zero-order chi connectivity index (χ0) is 34.7. The van der Waals surface area contributed by atoms with Crippen molar-refractivity contribution in [1.29, 1.82) is 0 Å². The van der Waals surface area contributed by atoms with Gasteiger partial charge in [0.25, 0.3) is 11.8 Å². The number of hydrogen-bond donors (Lipinski definition) is 2. The first kappa shape index (κ1) is 38.0. The van der Waals surface area contributed by atoms with Gasteiger partial charge >= 0.3 is 0 Å². The average molecular weight is 664 g/mol. The molecule has 0 atom stereocenters. The number of anilines is 1. The third kappa shape index (κ3) is 12.3. The van der Waals surface area contributed by atoms with Crippen molar-refractivity contribution in [1.82, 2.24) is 15.2 Å². The predicted molar refractivity (Wildman–Crippen MR) is 188 cm³/mol. The van der Waals surface area contributed by atoms with Gasteiger partial charge in [0.1, 0.15) is 19.0 Å². The van der Waals surface area contributed by atoms with Crippen molar-refractivity contribution < 1.29 is 33.3 Å². The third-order valence-corrected chi connectivity index (χ3v) is 7.50. The highest BCUT2D eigenvalue weighted by Gasteiger charge is 2.20. The van der Waals surface area contributed by atoms with Crippen molar-refractivity contribution in [3.8, 4) is 17.2 Å². The van der Waals surface area contributed by atoms with Crippen LogP contribution in [-0.2, 0) is 16.0 Å². The van der Waals surface area contributed by atoms with Crippen molar-refractivity contribution in [2.24, 2.45) is 5.10 Å². The summed E-state index contributed by atoms with van der Waals surface area (Å²) in [4.78, 5) is 31.7. The van der Waals surface area contributed by atoms with Gasteiger partial charge in [0, 0.05) is 45.5 Å². The first-order chi connectivity index (χ1) is 23.3. The molecule has 0 radical (unpaired) electrons. The molecule has 3 aromatic rings.